The maximum absolute atomic E-state index is 13.5. The smallest absolute Gasteiger partial charge is 0.306 e. The lowest BCUT2D eigenvalue weighted by Crippen LogP contribution is -2.32. The number of hydrogen-bond donors (Lipinski definition) is 1. The third kappa shape index (κ3) is 3.94. The summed E-state index contributed by atoms with van der Waals surface area (Å²) in [6.45, 7) is 2.41. The van der Waals surface area contributed by atoms with Gasteiger partial charge in [-0.1, -0.05) is 24.3 Å². The average molecular weight is 371 g/mol. The van der Waals surface area contributed by atoms with Crippen molar-refractivity contribution in [3.63, 3.8) is 0 Å². The minimum Gasteiger partial charge on any atom is -0.352 e. The van der Waals surface area contributed by atoms with E-state index in [0.29, 0.717) is 6.54 Å². The summed E-state index contributed by atoms with van der Waals surface area (Å²) >= 11 is 0. The number of amides is 2. The molecule has 1 N–H and O–H groups in total. The first-order valence-corrected chi connectivity index (χ1v) is 8.43. The number of nitrogens with one attached hydrogen (secondary N) is 1. The van der Waals surface area contributed by atoms with Crippen LogP contribution >= 0.6 is 0 Å². The number of rotatable bonds is 5. The van der Waals surface area contributed by atoms with Crippen molar-refractivity contribution in [3.8, 4) is 0 Å². The van der Waals surface area contributed by atoms with Crippen molar-refractivity contribution < 1.29 is 18.9 Å². The predicted octanol–water partition coefficient (Wildman–Crippen LogP) is 2.71. The largest absolute Gasteiger partial charge is 0.352 e. The van der Waals surface area contributed by atoms with Crippen LogP contribution in [0, 0.1) is 28.8 Å². The van der Waals surface area contributed by atoms with Crippen LogP contribution in [0.15, 0.2) is 42.5 Å². The zero-order valence-electron chi connectivity index (χ0n) is 14.6. The Morgan fingerprint density at radius 3 is 2.78 bits per heavy atom. The fraction of sp³-hybridized carbons (Fsp3) is 0.263. The van der Waals surface area contributed by atoms with Crippen molar-refractivity contribution >= 4 is 23.2 Å². The van der Waals surface area contributed by atoms with E-state index in [1.54, 1.807) is 0 Å². The van der Waals surface area contributed by atoms with Gasteiger partial charge in [-0.25, -0.2) is 0 Å². The minimum absolute atomic E-state index is 0.00474. The van der Waals surface area contributed by atoms with E-state index in [1.165, 1.54) is 11.0 Å². The summed E-state index contributed by atoms with van der Waals surface area (Å²) in [5, 5.41) is 13.7. The highest BCUT2D eigenvalue weighted by atomic mass is 19.1. The fourth-order valence-corrected chi connectivity index (χ4v) is 3.08. The summed E-state index contributed by atoms with van der Waals surface area (Å²) in [5.41, 5.74) is 1.55. The van der Waals surface area contributed by atoms with Gasteiger partial charge in [0.15, 0.2) is 0 Å². The Bertz CT molecular complexity index is 916. The molecule has 0 saturated carbocycles. The lowest BCUT2D eigenvalue weighted by atomic mass is 10.1. The molecule has 2 aromatic carbocycles. The Morgan fingerprint density at radius 1 is 1.33 bits per heavy atom. The molecule has 3 rings (SSSR count). The molecule has 7 nitrogen and oxygen atoms in total. The van der Waals surface area contributed by atoms with Crippen molar-refractivity contribution in [3.05, 3.63) is 69.5 Å². The van der Waals surface area contributed by atoms with Crippen LogP contribution in [0.3, 0.4) is 0 Å². The van der Waals surface area contributed by atoms with Crippen LogP contribution in [-0.2, 0) is 16.1 Å². The van der Waals surface area contributed by atoms with E-state index in [4.69, 9.17) is 0 Å². The van der Waals surface area contributed by atoms with Crippen molar-refractivity contribution in [2.24, 2.45) is 5.92 Å². The zero-order valence-corrected chi connectivity index (χ0v) is 14.6. The molecule has 2 amide bonds. The standard InChI is InChI=1S/C19H18FN3O4/c1-12-4-2-3-5-13(12)10-21-19(25)14-8-18(24)22(11-14)15-6-7-16(20)17(9-15)23(26)27/h2-7,9,14H,8,10-11H2,1H3,(H,21,25). The Balaban J connectivity index is 1.68. The van der Waals surface area contributed by atoms with Crippen LogP contribution in [-0.4, -0.2) is 23.3 Å². The Morgan fingerprint density at radius 2 is 2.07 bits per heavy atom. The predicted molar refractivity (Wildman–Crippen MR) is 96.5 cm³/mol. The normalized spacial score (nSPS) is 16.4. The molecule has 2 aromatic rings. The first-order chi connectivity index (χ1) is 12.9. The molecule has 8 heteroatoms. The van der Waals surface area contributed by atoms with Gasteiger partial charge in [0.2, 0.25) is 17.6 Å². The highest BCUT2D eigenvalue weighted by Crippen LogP contribution is 2.29. The van der Waals surface area contributed by atoms with Gasteiger partial charge in [-0.15, -0.1) is 0 Å². The van der Waals surface area contributed by atoms with E-state index >= 15 is 0 Å². The molecule has 140 valence electrons. The zero-order chi connectivity index (χ0) is 19.6. The second kappa shape index (κ2) is 7.53. The highest BCUT2D eigenvalue weighted by Gasteiger charge is 2.35. The van der Waals surface area contributed by atoms with Gasteiger partial charge >= 0.3 is 5.69 Å². The lowest BCUT2D eigenvalue weighted by molar-refractivity contribution is -0.387. The fourth-order valence-electron chi connectivity index (χ4n) is 3.08. The molecule has 0 aliphatic carbocycles. The monoisotopic (exact) mass is 371 g/mol. The maximum atomic E-state index is 13.5. The van der Waals surface area contributed by atoms with E-state index in [2.05, 4.69) is 5.32 Å². The number of nitrogens with zero attached hydrogens (tertiary/aromatic N) is 2. The van der Waals surface area contributed by atoms with Crippen LogP contribution in [0.5, 0.6) is 0 Å². The minimum atomic E-state index is -0.970. The number of halogens is 1. The molecule has 1 atom stereocenters. The maximum Gasteiger partial charge on any atom is 0.306 e. The van der Waals surface area contributed by atoms with Gasteiger partial charge in [0.1, 0.15) is 0 Å². The third-order valence-electron chi connectivity index (χ3n) is 4.65. The van der Waals surface area contributed by atoms with Crippen molar-refractivity contribution in [1.82, 2.24) is 5.32 Å². The Labute approximate surface area is 154 Å². The number of aryl methyl sites for hydroxylation is 1. The summed E-state index contributed by atoms with van der Waals surface area (Å²) in [6, 6.07) is 10.9. The van der Waals surface area contributed by atoms with Crippen LogP contribution in [0.2, 0.25) is 0 Å². The van der Waals surface area contributed by atoms with Crippen LogP contribution in [0.1, 0.15) is 17.5 Å². The third-order valence-corrected chi connectivity index (χ3v) is 4.65. The van der Waals surface area contributed by atoms with Crippen molar-refractivity contribution in [2.45, 2.75) is 19.9 Å². The van der Waals surface area contributed by atoms with Gasteiger partial charge in [-0.05, 0) is 30.2 Å². The van der Waals surface area contributed by atoms with E-state index in [1.807, 2.05) is 31.2 Å². The first-order valence-electron chi connectivity index (χ1n) is 8.43. The molecule has 0 aromatic heterocycles. The molecule has 1 unspecified atom stereocenters. The first kappa shape index (κ1) is 18.5. The van der Waals surface area contributed by atoms with Crippen LogP contribution in [0.4, 0.5) is 15.8 Å². The van der Waals surface area contributed by atoms with Gasteiger partial charge in [0, 0.05) is 25.6 Å². The van der Waals surface area contributed by atoms with Gasteiger partial charge in [-0.3, -0.25) is 19.7 Å². The second-order valence-electron chi connectivity index (χ2n) is 6.44. The number of anilines is 1. The number of nitro benzene ring substituents is 1. The lowest BCUT2D eigenvalue weighted by Gasteiger charge is -2.17. The molecular formula is C19H18FN3O4. The second-order valence-corrected chi connectivity index (χ2v) is 6.44. The van der Waals surface area contributed by atoms with E-state index in [9.17, 15) is 24.1 Å². The van der Waals surface area contributed by atoms with Gasteiger partial charge in [0.25, 0.3) is 0 Å². The molecule has 0 bridgehead atoms. The van der Waals surface area contributed by atoms with E-state index in [-0.39, 0.29) is 30.5 Å². The number of benzene rings is 2. The molecule has 1 aliphatic heterocycles. The molecule has 0 spiro atoms. The molecular weight excluding hydrogens is 353 g/mol. The van der Waals surface area contributed by atoms with Crippen LogP contribution < -0.4 is 10.2 Å². The Hall–Kier alpha value is -3.29. The van der Waals surface area contributed by atoms with Crippen molar-refractivity contribution in [2.75, 3.05) is 11.4 Å². The summed E-state index contributed by atoms with van der Waals surface area (Å²) in [7, 11) is 0. The number of nitro groups is 1. The Kier molecular flexibility index (Phi) is 5.16. The summed E-state index contributed by atoms with van der Waals surface area (Å²) in [4.78, 5) is 36.0. The number of carbonyl (C=O) groups excluding carboxylic acids is 2. The summed E-state index contributed by atoms with van der Waals surface area (Å²) in [5.74, 6) is -2.12. The SMILES string of the molecule is Cc1ccccc1CNC(=O)C1CC(=O)N(c2ccc(F)c([N+](=O)[O-])c2)C1. The molecule has 0 radical (unpaired) electrons. The highest BCUT2D eigenvalue weighted by molar-refractivity contribution is 6.00. The molecule has 1 heterocycles. The van der Waals surface area contributed by atoms with Crippen LogP contribution in [0.25, 0.3) is 0 Å². The van der Waals surface area contributed by atoms with E-state index in [0.717, 1.165) is 23.3 Å². The number of hydrogen-bond acceptors (Lipinski definition) is 4. The van der Waals surface area contributed by atoms with Gasteiger partial charge in [0.05, 0.1) is 16.5 Å². The quantitative estimate of drug-likeness (QED) is 0.646. The van der Waals surface area contributed by atoms with Gasteiger partial charge < -0.3 is 10.2 Å². The van der Waals surface area contributed by atoms with Gasteiger partial charge in [-0.2, -0.15) is 4.39 Å². The topological polar surface area (TPSA) is 92.6 Å². The number of carbonyl (C=O) groups is 2. The van der Waals surface area contributed by atoms with E-state index < -0.39 is 22.3 Å². The van der Waals surface area contributed by atoms with Crippen molar-refractivity contribution in [1.29, 1.82) is 0 Å². The summed E-state index contributed by atoms with van der Waals surface area (Å²) in [6.07, 6.45) is 0.00474. The molecule has 1 fully saturated rings. The molecule has 27 heavy (non-hydrogen) atoms. The average Bonchev–Trinajstić information content (AvgIpc) is 3.03. The molecule has 1 aliphatic rings. The summed E-state index contributed by atoms with van der Waals surface area (Å²) < 4.78 is 13.5. The molecule has 1 saturated heterocycles.